The Bertz CT molecular complexity index is 558. The lowest BCUT2D eigenvalue weighted by Crippen LogP contribution is -2.05. The Morgan fingerprint density at radius 1 is 1.21 bits per heavy atom. The molecule has 0 saturated heterocycles. The fourth-order valence-corrected chi connectivity index (χ4v) is 2.34. The average Bonchev–Trinajstić information content (AvgIpc) is 2.36. The van der Waals surface area contributed by atoms with Crippen LogP contribution in [0.1, 0.15) is 30.9 Å². The highest BCUT2D eigenvalue weighted by atomic mass is 79.9. The first-order valence-electron chi connectivity index (χ1n) is 6.16. The van der Waals surface area contributed by atoms with Crippen molar-refractivity contribution < 1.29 is 0 Å². The van der Waals surface area contributed by atoms with Crippen LogP contribution in [0, 0.1) is 5.92 Å². The molecule has 2 heterocycles. The first-order valence-corrected chi connectivity index (χ1v) is 7.33. The fraction of sp³-hybridized carbons (Fsp3) is 0.357. The molecule has 0 fully saturated rings. The molecule has 0 atom stereocenters. The SMILES string of the molecule is CC(C)Cc1nc(Cc2ccncc2)nc(Cl)c1Br. The molecular formula is C14H15BrClN3. The highest BCUT2D eigenvalue weighted by molar-refractivity contribution is 9.10. The second kappa shape index (κ2) is 6.44. The molecule has 2 rings (SSSR count). The highest BCUT2D eigenvalue weighted by Crippen LogP contribution is 2.25. The predicted molar refractivity (Wildman–Crippen MR) is 80.3 cm³/mol. The summed E-state index contributed by atoms with van der Waals surface area (Å²) < 4.78 is 0.807. The molecule has 0 amide bonds. The van der Waals surface area contributed by atoms with Crippen LogP contribution in [-0.2, 0) is 12.8 Å². The minimum Gasteiger partial charge on any atom is -0.265 e. The van der Waals surface area contributed by atoms with Crippen LogP contribution in [0.15, 0.2) is 29.0 Å². The lowest BCUT2D eigenvalue weighted by molar-refractivity contribution is 0.628. The Morgan fingerprint density at radius 3 is 2.53 bits per heavy atom. The summed E-state index contributed by atoms with van der Waals surface area (Å²) in [5, 5.41) is 0.481. The zero-order chi connectivity index (χ0) is 13.8. The third-order valence-electron chi connectivity index (χ3n) is 2.64. The van der Waals surface area contributed by atoms with E-state index in [1.807, 2.05) is 12.1 Å². The monoisotopic (exact) mass is 339 g/mol. The van der Waals surface area contributed by atoms with E-state index in [9.17, 15) is 0 Å². The molecule has 2 aromatic heterocycles. The van der Waals surface area contributed by atoms with E-state index < -0.39 is 0 Å². The second-order valence-corrected chi connectivity index (χ2v) is 5.97. The van der Waals surface area contributed by atoms with Crippen LogP contribution in [0.2, 0.25) is 5.15 Å². The van der Waals surface area contributed by atoms with Crippen molar-refractivity contribution in [1.82, 2.24) is 15.0 Å². The number of hydrogen-bond acceptors (Lipinski definition) is 3. The first kappa shape index (κ1) is 14.4. The zero-order valence-corrected chi connectivity index (χ0v) is 13.2. The summed E-state index contributed by atoms with van der Waals surface area (Å²) >= 11 is 9.62. The lowest BCUT2D eigenvalue weighted by atomic mass is 10.1. The minimum absolute atomic E-state index is 0.481. The van der Waals surface area contributed by atoms with Crippen LogP contribution >= 0.6 is 27.5 Å². The Kier molecular flexibility index (Phi) is 4.88. The molecule has 0 aliphatic carbocycles. The third kappa shape index (κ3) is 3.98. The number of rotatable bonds is 4. The van der Waals surface area contributed by atoms with Crippen LogP contribution in [0.5, 0.6) is 0 Å². The molecule has 0 aliphatic heterocycles. The smallest absolute Gasteiger partial charge is 0.147 e. The van der Waals surface area contributed by atoms with Gasteiger partial charge in [0.2, 0.25) is 0 Å². The normalized spacial score (nSPS) is 11.0. The molecule has 0 saturated carbocycles. The minimum atomic E-state index is 0.481. The Morgan fingerprint density at radius 2 is 1.89 bits per heavy atom. The van der Waals surface area contributed by atoms with E-state index in [-0.39, 0.29) is 0 Å². The van der Waals surface area contributed by atoms with Crippen molar-refractivity contribution in [3.8, 4) is 0 Å². The molecule has 0 unspecified atom stereocenters. The van der Waals surface area contributed by atoms with Gasteiger partial charge in [-0.25, -0.2) is 9.97 Å². The summed E-state index contributed by atoms with van der Waals surface area (Å²) in [6.45, 7) is 4.32. The van der Waals surface area contributed by atoms with Gasteiger partial charge in [-0.1, -0.05) is 25.4 Å². The van der Waals surface area contributed by atoms with Crippen molar-refractivity contribution in [2.24, 2.45) is 5.92 Å². The Labute approximate surface area is 126 Å². The van der Waals surface area contributed by atoms with E-state index in [0.717, 1.165) is 28.0 Å². The molecule has 0 radical (unpaired) electrons. The molecule has 0 spiro atoms. The number of nitrogens with zero attached hydrogens (tertiary/aromatic N) is 3. The molecule has 0 N–H and O–H groups in total. The molecule has 0 aromatic carbocycles. The molecule has 2 aromatic rings. The zero-order valence-electron chi connectivity index (χ0n) is 10.9. The maximum absolute atomic E-state index is 6.16. The van der Waals surface area contributed by atoms with Gasteiger partial charge in [-0.3, -0.25) is 4.98 Å². The summed E-state index contributed by atoms with van der Waals surface area (Å²) in [4.78, 5) is 12.9. The van der Waals surface area contributed by atoms with Crippen LogP contribution in [0.25, 0.3) is 0 Å². The van der Waals surface area contributed by atoms with Crippen molar-refractivity contribution in [1.29, 1.82) is 0 Å². The van der Waals surface area contributed by atoms with Crippen LogP contribution < -0.4 is 0 Å². The summed E-state index contributed by atoms with van der Waals surface area (Å²) in [6.07, 6.45) is 5.09. The number of hydrogen-bond donors (Lipinski definition) is 0. The molecule has 0 bridgehead atoms. The van der Waals surface area contributed by atoms with Crippen molar-refractivity contribution in [2.75, 3.05) is 0 Å². The van der Waals surface area contributed by atoms with Crippen LogP contribution in [0.3, 0.4) is 0 Å². The number of aromatic nitrogens is 3. The number of halogens is 2. The van der Waals surface area contributed by atoms with Gasteiger partial charge in [-0.05, 0) is 46.0 Å². The Hall–Kier alpha value is -1.00. The van der Waals surface area contributed by atoms with Crippen LogP contribution in [-0.4, -0.2) is 15.0 Å². The van der Waals surface area contributed by atoms with Gasteiger partial charge >= 0.3 is 0 Å². The van der Waals surface area contributed by atoms with Gasteiger partial charge in [0.25, 0.3) is 0 Å². The molecule has 3 nitrogen and oxygen atoms in total. The molecular weight excluding hydrogens is 326 g/mol. The summed E-state index contributed by atoms with van der Waals surface area (Å²) in [6, 6.07) is 3.92. The van der Waals surface area contributed by atoms with E-state index in [1.165, 1.54) is 0 Å². The topological polar surface area (TPSA) is 38.7 Å². The summed E-state index contributed by atoms with van der Waals surface area (Å²) in [5.74, 6) is 1.27. The van der Waals surface area contributed by atoms with Gasteiger partial charge in [0.15, 0.2) is 0 Å². The van der Waals surface area contributed by atoms with Crippen molar-refractivity contribution >= 4 is 27.5 Å². The molecule has 19 heavy (non-hydrogen) atoms. The molecule has 5 heteroatoms. The van der Waals surface area contributed by atoms with E-state index in [0.29, 0.717) is 17.5 Å². The standard InChI is InChI=1S/C14H15BrClN3/c1-9(2)7-11-13(15)14(16)19-12(18-11)8-10-3-5-17-6-4-10/h3-6,9H,7-8H2,1-2H3. The number of pyridine rings is 1. The quantitative estimate of drug-likeness (QED) is 0.787. The highest BCUT2D eigenvalue weighted by Gasteiger charge is 2.12. The van der Waals surface area contributed by atoms with Gasteiger partial charge in [0, 0.05) is 18.8 Å². The van der Waals surface area contributed by atoms with E-state index in [2.05, 4.69) is 44.7 Å². The third-order valence-corrected chi connectivity index (χ3v) is 3.97. The van der Waals surface area contributed by atoms with Crippen molar-refractivity contribution in [3.05, 3.63) is 51.2 Å². The fourth-order valence-electron chi connectivity index (χ4n) is 1.80. The van der Waals surface area contributed by atoms with Gasteiger partial charge in [0.05, 0.1) is 10.2 Å². The predicted octanol–water partition coefficient (Wildman–Crippen LogP) is 4.08. The van der Waals surface area contributed by atoms with Crippen molar-refractivity contribution in [3.63, 3.8) is 0 Å². The Balaban J connectivity index is 2.29. The van der Waals surface area contributed by atoms with Gasteiger partial charge in [0.1, 0.15) is 11.0 Å². The summed E-state index contributed by atoms with van der Waals surface area (Å²) in [7, 11) is 0. The van der Waals surface area contributed by atoms with E-state index >= 15 is 0 Å². The van der Waals surface area contributed by atoms with Crippen LogP contribution in [0.4, 0.5) is 0 Å². The molecule has 0 aliphatic rings. The van der Waals surface area contributed by atoms with E-state index in [4.69, 9.17) is 11.6 Å². The average molecular weight is 341 g/mol. The maximum Gasteiger partial charge on any atom is 0.147 e. The van der Waals surface area contributed by atoms with Gasteiger partial charge in [-0.15, -0.1) is 0 Å². The van der Waals surface area contributed by atoms with E-state index in [1.54, 1.807) is 12.4 Å². The van der Waals surface area contributed by atoms with Gasteiger partial charge < -0.3 is 0 Å². The second-order valence-electron chi connectivity index (χ2n) is 4.82. The van der Waals surface area contributed by atoms with Gasteiger partial charge in [-0.2, -0.15) is 0 Å². The largest absolute Gasteiger partial charge is 0.265 e. The maximum atomic E-state index is 6.16. The summed E-state index contributed by atoms with van der Waals surface area (Å²) in [5.41, 5.74) is 2.10. The lowest BCUT2D eigenvalue weighted by Gasteiger charge is -2.10. The molecule has 100 valence electrons. The first-order chi connectivity index (χ1) is 9.06. The van der Waals surface area contributed by atoms with Crippen molar-refractivity contribution in [2.45, 2.75) is 26.7 Å².